The Balaban J connectivity index is 1.45. The Morgan fingerprint density at radius 3 is 2.89 bits per heavy atom. The van der Waals surface area contributed by atoms with Crippen LogP contribution in [-0.2, 0) is 6.42 Å². The van der Waals surface area contributed by atoms with Crippen molar-refractivity contribution in [1.29, 1.82) is 0 Å². The average molecular weight is 401 g/mol. The van der Waals surface area contributed by atoms with Gasteiger partial charge in [0.2, 0.25) is 5.82 Å². The number of amides is 1. The van der Waals surface area contributed by atoms with E-state index in [9.17, 15) is 9.18 Å². The lowest BCUT2D eigenvalue weighted by Crippen LogP contribution is -2.31. The molecule has 1 fully saturated rings. The van der Waals surface area contributed by atoms with Crippen LogP contribution in [0.4, 0.5) is 4.39 Å². The molecule has 3 aromatic heterocycles. The molecule has 7 nitrogen and oxygen atoms in total. The van der Waals surface area contributed by atoms with Crippen LogP contribution in [0.1, 0.15) is 34.4 Å². The van der Waals surface area contributed by atoms with Gasteiger partial charge in [0, 0.05) is 25.4 Å². The van der Waals surface area contributed by atoms with Crippen LogP contribution < -0.4 is 4.74 Å². The number of nitrogens with zero attached hydrogens (tertiary/aromatic N) is 5. The second-order valence-corrected chi connectivity index (χ2v) is 7.55. The third-order valence-corrected chi connectivity index (χ3v) is 5.84. The zero-order chi connectivity index (χ0) is 19.7. The summed E-state index contributed by atoms with van der Waals surface area (Å²) in [6.07, 6.45) is 5.89. The van der Waals surface area contributed by atoms with Gasteiger partial charge in [-0.1, -0.05) is 18.3 Å². The molecule has 0 aliphatic carbocycles. The SMILES string of the molecule is CCc1ncnc(O[C@H]2CCN(C(=O)c3sc(-n4cccc4)nc3C)C2)c1F. The first-order chi connectivity index (χ1) is 13.6. The number of thiazole rings is 1. The first-order valence-electron chi connectivity index (χ1n) is 9.13. The van der Waals surface area contributed by atoms with Crippen molar-refractivity contribution in [1.82, 2.24) is 24.4 Å². The fourth-order valence-corrected chi connectivity index (χ4v) is 4.18. The molecule has 28 heavy (non-hydrogen) atoms. The minimum absolute atomic E-state index is 0.0463. The van der Waals surface area contributed by atoms with Crippen molar-refractivity contribution in [3.8, 4) is 11.0 Å². The molecule has 4 heterocycles. The maximum absolute atomic E-state index is 14.3. The Labute approximate surface area is 165 Å². The number of aryl methyl sites for hydroxylation is 2. The summed E-state index contributed by atoms with van der Waals surface area (Å²) >= 11 is 1.36. The smallest absolute Gasteiger partial charge is 0.266 e. The van der Waals surface area contributed by atoms with E-state index in [-0.39, 0.29) is 17.9 Å². The number of carbonyl (C=O) groups excluding carboxylic acids is 1. The zero-order valence-electron chi connectivity index (χ0n) is 15.6. The summed E-state index contributed by atoms with van der Waals surface area (Å²) < 4.78 is 21.9. The van der Waals surface area contributed by atoms with Gasteiger partial charge in [-0.05, 0) is 25.5 Å². The molecular weight excluding hydrogens is 381 g/mol. The number of ether oxygens (including phenoxy) is 1. The van der Waals surface area contributed by atoms with Crippen molar-refractivity contribution in [2.24, 2.45) is 0 Å². The van der Waals surface area contributed by atoms with Crippen LogP contribution in [0.5, 0.6) is 5.88 Å². The van der Waals surface area contributed by atoms with Crippen LogP contribution in [0.25, 0.3) is 5.13 Å². The largest absolute Gasteiger partial charge is 0.470 e. The van der Waals surface area contributed by atoms with Gasteiger partial charge in [0.15, 0.2) is 5.13 Å². The van der Waals surface area contributed by atoms with Gasteiger partial charge in [0.25, 0.3) is 11.8 Å². The molecular formula is C19H20FN5O2S. The molecule has 1 aliphatic rings. The Kier molecular flexibility index (Phi) is 5.08. The highest BCUT2D eigenvalue weighted by molar-refractivity contribution is 7.16. The lowest BCUT2D eigenvalue weighted by molar-refractivity contribution is 0.0773. The van der Waals surface area contributed by atoms with E-state index in [1.165, 1.54) is 17.7 Å². The third-order valence-electron chi connectivity index (χ3n) is 4.68. The topological polar surface area (TPSA) is 73.1 Å². The van der Waals surface area contributed by atoms with Gasteiger partial charge in [-0.3, -0.25) is 4.79 Å². The Morgan fingerprint density at radius 1 is 1.36 bits per heavy atom. The molecule has 1 atom stereocenters. The van der Waals surface area contributed by atoms with Crippen molar-refractivity contribution in [2.75, 3.05) is 13.1 Å². The lowest BCUT2D eigenvalue weighted by Gasteiger charge is -2.16. The van der Waals surface area contributed by atoms with Gasteiger partial charge in [0.05, 0.1) is 17.9 Å². The van der Waals surface area contributed by atoms with E-state index in [2.05, 4.69) is 15.0 Å². The van der Waals surface area contributed by atoms with Gasteiger partial charge in [-0.25, -0.2) is 9.97 Å². The predicted molar refractivity (Wildman–Crippen MR) is 102 cm³/mol. The minimum Gasteiger partial charge on any atom is -0.470 e. The molecule has 0 saturated carbocycles. The van der Waals surface area contributed by atoms with Crippen molar-refractivity contribution in [2.45, 2.75) is 32.8 Å². The maximum atomic E-state index is 14.3. The van der Waals surface area contributed by atoms with Crippen molar-refractivity contribution in [3.05, 3.63) is 52.9 Å². The summed E-state index contributed by atoms with van der Waals surface area (Å²) in [5.41, 5.74) is 1.03. The first-order valence-corrected chi connectivity index (χ1v) is 9.94. The Hall–Kier alpha value is -2.81. The maximum Gasteiger partial charge on any atom is 0.266 e. The second kappa shape index (κ2) is 7.67. The number of hydrogen-bond donors (Lipinski definition) is 0. The van der Waals surface area contributed by atoms with Crippen molar-refractivity contribution < 1.29 is 13.9 Å². The molecule has 0 radical (unpaired) electrons. The van der Waals surface area contributed by atoms with Crippen molar-refractivity contribution in [3.63, 3.8) is 0 Å². The number of halogens is 1. The van der Waals surface area contributed by atoms with E-state index in [0.29, 0.717) is 42.2 Å². The van der Waals surface area contributed by atoms with Gasteiger partial charge in [-0.2, -0.15) is 9.37 Å². The molecule has 146 valence electrons. The Bertz CT molecular complexity index is 988. The third kappa shape index (κ3) is 3.49. The summed E-state index contributed by atoms with van der Waals surface area (Å²) in [6.45, 7) is 4.60. The molecule has 0 N–H and O–H groups in total. The Morgan fingerprint density at radius 2 is 2.14 bits per heavy atom. The van der Waals surface area contributed by atoms with Crippen LogP contribution in [0.15, 0.2) is 30.9 Å². The average Bonchev–Trinajstić information content (AvgIpc) is 3.43. The molecule has 1 aliphatic heterocycles. The molecule has 1 saturated heterocycles. The number of rotatable bonds is 5. The van der Waals surface area contributed by atoms with Crippen LogP contribution in [0.2, 0.25) is 0 Å². The highest BCUT2D eigenvalue weighted by atomic mass is 32.1. The number of carbonyl (C=O) groups is 1. The van der Waals surface area contributed by atoms with Crippen LogP contribution >= 0.6 is 11.3 Å². The highest BCUT2D eigenvalue weighted by Gasteiger charge is 2.31. The summed E-state index contributed by atoms with van der Waals surface area (Å²) in [7, 11) is 0. The summed E-state index contributed by atoms with van der Waals surface area (Å²) in [5.74, 6) is -0.642. The first kappa shape index (κ1) is 18.5. The fraction of sp³-hybridized carbons (Fsp3) is 0.368. The van der Waals surface area contributed by atoms with Crippen molar-refractivity contribution >= 4 is 17.2 Å². The van der Waals surface area contributed by atoms with E-state index in [0.717, 1.165) is 5.13 Å². The molecule has 0 unspecified atom stereocenters. The predicted octanol–water partition coefficient (Wildman–Crippen LogP) is 3.03. The molecule has 0 bridgehead atoms. The molecule has 1 amide bonds. The minimum atomic E-state index is -0.524. The summed E-state index contributed by atoms with van der Waals surface area (Å²) in [6, 6.07) is 3.83. The summed E-state index contributed by atoms with van der Waals surface area (Å²) in [5, 5.41) is 0.757. The number of hydrogen-bond acceptors (Lipinski definition) is 6. The van der Waals surface area contributed by atoms with E-state index in [1.54, 1.807) is 4.90 Å². The monoisotopic (exact) mass is 401 g/mol. The van der Waals surface area contributed by atoms with Crippen LogP contribution in [0, 0.1) is 12.7 Å². The van der Waals surface area contributed by atoms with E-state index in [4.69, 9.17) is 4.74 Å². The summed E-state index contributed by atoms with van der Waals surface area (Å²) in [4.78, 5) is 27.6. The van der Waals surface area contributed by atoms with Crippen LogP contribution in [-0.4, -0.2) is 49.5 Å². The molecule has 4 rings (SSSR count). The van der Waals surface area contributed by atoms with Gasteiger partial charge in [0.1, 0.15) is 17.3 Å². The zero-order valence-corrected chi connectivity index (χ0v) is 16.4. The van der Waals surface area contributed by atoms with Gasteiger partial charge in [-0.15, -0.1) is 0 Å². The van der Waals surface area contributed by atoms with Gasteiger partial charge < -0.3 is 14.2 Å². The standard InChI is InChI=1S/C19H20FN5O2S/c1-3-14-15(20)17(22-11-21-14)27-13-6-9-25(10-13)18(26)16-12(2)23-19(28-16)24-7-4-5-8-24/h4-5,7-8,11,13H,3,6,9-10H2,1-2H3/t13-/m0/s1. The normalized spacial score (nSPS) is 16.5. The van der Waals surface area contributed by atoms with E-state index in [1.807, 2.05) is 42.9 Å². The number of aromatic nitrogens is 4. The lowest BCUT2D eigenvalue weighted by atomic mass is 10.3. The van der Waals surface area contributed by atoms with E-state index >= 15 is 0 Å². The molecule has 9 heteroatoms. The molecule has 3 aromatic rings. The quantitative estimate of drug-likeness (QED) is 0.657. The van der Waals surface area contributed by atoms with Gasteiger partial charge >= 0.3 is 0 Å². The molecule has 0 aromatic carbocycles. The second-order valence-electron chi connectivity index (χ2n) is 6.57. The fourth-order valence-electron chi connectivity index (χ4n) is 3.18. The molecule has 0 spiro atoms. The number of likely N-dealkylation sites (tertiary alicyclic amines) is 1. The van der Waals surface area contributed by atoms with E-state index < -0.39 is 5.82 Å². The highest BCUT2D eigenvalue weighted by Crippen LogP contribution is 2.26. The van der Waals surface area contributed by atoms with Crippen LogP contribution in [0.3, 0.4) is 0 Å².